The molecule has 0 aliphatic heterocycles. The van der Waals surface area contributed by atoms with Crippen LogP contribution in [0.2, 0.25) is 0 Å². The molecule has 0 aromatic heterocycles. The standard InChI is InChI=1S/C12H14N2O5/c13-8-3-1-7(2-4-8)5-10(15)14-9(12(18)19)6-11(16)17/h1-4,9H,5-6,13H2,(H,14,15)(H,16,17)(H,18,19). The second-order valence-electron chi connectivity index (χ2n) is 3.97. The molecule has 0 fully saturated rings. The summed E-state index contributed by atoms with van der Waals surface area (Å²) in [5.41, 5.74) is 6.70. The van der Waals surface area contributed by atoms with Gasteiger partial charge < -0.3 is 21.3 Å². The fourth-order valence-electron chi connectivity index (χ4n) is 1.44. The van der Waals surface area contributed by atoms with E-state index in [1.807, 2.05) is 0 Å². The molecule has 0 spiro atoms. The summed E-state index contributed by atoms with van der Waals surface area (Å²) in [7, 11) is 0. The van der Waals surface area contributed by atoms with Crippen LogP contribution < -0.4 is 11.1 Å². The van der Waals surface area contributed by atoms with Crippen molar-refractivity contribution >= 4 is 23.5 Å². The van der Waals surface area contributed by atoms with Crippen LogP contribution in [-0.2, 0) is 20.8 Å². The quantitative estimate of drug-likeness (QED) is 0.530. The van der Waals surface area contributed by atoms with E-state index in [0.717, 1.165) is 0 Å². The SMILES string of the molecule is Nc1ccc(CC(=O)NC(CC(=O)O)C(=O)O)cc1. The average Bonchev–Trinajstić information content (AvgIpc) is 2.30. The molecule has 1 unspecified atom stereocenters. The molecule has 102 valence electrons. The lowest BCUT2D eigenvalue weighted by Gasteiger charge is -2.12. The predicted molar refractivity (Wildman–Crippen MR) is 66.4 cm³/mol. The van der Waals surface area contributed by atoms with Crippen molar-refractivity contribution in [2.75, 3.05) is 5.73 Å². The molecule has 0 saturated heterocycles. The van der Waals surface area contributed by atoms with Gasteiger partial charge in [0, 0.05) is 5.69 Å². The Morgan fingerprint density at radius 3 is 2.21 bits per heavy atom. The number of anilines is 1. The number of benzene rings is 1. The predicted octanol–water partition coefficient (Wildman–Crippen LogP) is -0.145. The molecule has 1 aromatic rings. The Kier molecular flexibility index (Phi) is 4.87. The second kappa shape index (κ2) is 6.39. The number of hydrogen-bond acceptors (Lipinski definition) is 4. The van der Waals surface area contributed by atoms with E-state index in [2.05, 4.69) is 5.32 Å². The van der Waals surface area contributed by atoms with Crippen LogP contribution in [-0.4, -0.2) is 34.1 Å². The van der Waals surface area contributed by atoms with Gasteiger partial charge in [0.05, 0.1) is 12.8 Å². The number of amides is 1. The first-order chi connectivity index (χ1) is 8.88. The summed E-state index contributed by atoms with van der Waals surface area (Å²) in [5, 5.41) is 19.5. The summed E-state index contributed by atoms with van der Waals surface area (Å²) < 4.78 is 0. The van der Waals surface area contributed by atoms with Gasteiger partial charge in [-0.05, 0) is 17.7 Å². The van der Waals surface area contributed by atoms with E-state index >= 15 is 0 Å². The largest absolute Gasteiger partial charge is 0.481 e. The molecule has 7 heteroatoms. The van der Waals surface area contributed by atoms with Gasteiger partial charge >= 0.3 is 11.9 Å². The molecule has 1 amide bonds. The Hall–Kier alpha value is -2.57. The van der Waals surface area contributed by atoms with Gasteiger partial charge in [0.1, 0.15) is 6.04 Å². The highest BCUT2D eigenvalue weighted by molar-refractivity contribution is 5.87. The number of nitrogen functional groups attached to an aromatic ring is 1. The maximum absolute atomic E-state index is 11.6. The summed E-state index contributed by atoms with van der Waals surface area (Å²) in [5.74, 6) is -3.23. The van der Waals surface area contributed by atoms with Crippen molar-refractivity contribution in [2.24, 2.45) is 0 Å². The van der Waals surface area contributed by atoms with E-state index < -0.39 is 30.3 Å². The van der Waals surface area contributed by atoms with Crippen LogP contribution >= 0.6 is 0 Å². The summed E-state index contributed by atoms with van der Waals surface area (Å²) in [6, 6.07) is 5.09. The van der Waals surface area contributed by atoms with Crippen molar-refractivity contribution in [3.8, 4) is 0 Å². The minimum Gasteiger partial charge on any atom is -0.481 e. The summed E-state index contributed by atoms with van der Waals surface area (Å²) in [6.45, 7) is 0. The first-order valence-electron chi connectivity index (χ1n) is 5.47. The summed E-state index contributed by atoms with van der Waals surface area (Å²) >= 11 is 0. The first kappa shape index (κ1) is 14.5. The molecule has 1 atom stereocenters. The average molecular weight is 266 g/mol. The molecule has 1 rings (SSSR count). The number of nitrogens with two attached hydrogens (primary N) is 1. The molecular formula is C12H14N2O5. The second-order valence-corrected chi connectivity index (χ2v) is 3.97. The number of carboxylic acids is 2. The molecule has 5 N–H and O–H groups in total. The van der Waals surface area contributed by atoms with E-state index in [0.29, 0.717) is 11.3 Å². The zero-order valence-corrected chi connectivity index (χ0v) is 10.00. The number of carboxylic acid groups (broad SMARTS) is 2. The first-order valence-corrected chi connectivity index (χ1v) is 5.47. The van der Waals surface area contributed by atoms with E-state index in [1.165, 1.54) is 0 Å². The molecule has 0 radical (unpaired) electrons. The molecule has 7 nitrogen and oxygen atoms in total. The van der Waals surface area contributed by atoms with Gasteiger partial charge in [-0.3, -0.25) is 9.59 Å². The van der Waals surface area contributed by atoms with Gasteiger partial charge in [-0.1, -0.05) is 12.1 Å². The lowest BCUT2D eigenvalue weighted by Crippen LogP contribution is -2.42. The van der Waals surface area contributed by atoms with Crippen LogP contribution in [0, 0.1) is 0 Å². The Bertz CT molecular complexity index is 483. The van der Waals surface area contributed by atoms with Crippen molar-refractivity contribution in [3.63, 3.8) is 0 Å². The highest BCUT2D eigenvalue weighted by Gasteiger charge is 2.22. The molecule has 19 heavy (non-hydrogen) atoms. The van der Waals surface area contributed by atoms with Gasteiger partial charge in [-0.15, -0.1) is 0 Å². The maximum atomic E-state index is 11.6. The van der Waals surface area contributed by atoms with Gasteiger partial charge in [0.15, 0.2) is 0 Å². The number of nitrogens with one attached hydrogen (secondary N) is 1. The Balaban J connectivity index is 2.59. The molecule has 0 aliphatic rings. The van der Waals surface area contributed by atoms with Crippen molar-refractivity contribution in [3.05, 3.63) is 29.8 Å². The lowest BCUT2D eigenvalue weighted by molar-refractivity contribution is -0.147. The third-order valence-corrected chi connectivity index (χ3v) is 2.36. The molecule has 0 bridgehead atoms. The van der Waals surface area contributed by atoms with E-state index in [1.54, 1.807) is 24.3 Å². The maximum Gasteiger partial charge on any atom is 0.326 e. The highest BCUT2D eigenvalue weighted by Crippen LogP contribution is 2.06. The summed E-state index contributed by atoms with van der Waals surface area (Å²) in [4.78, 5) is 32.8. The zero-order chi connectivity index (χ0) is 14.4. The Labute approximate surface area is 109 Å². The fraction of sp³-hybridized carbons (Fsp3) is 0.250. The van der Waals surface area contributed by atoms with E-state index in [-0.39, 0.29) is 6.42 Å². The third kappa shape index (κ3) is 5.07. The van der Waals surface area contributed by atoms with Crippen LogP contribution in [0.1, 0.15) is 12.0 Å². The van der Waals surface area contributed by atoms with Crippen LogP contribution in [0.15, 0.2) is 24.3 Å². The number of hydrogen-bond donors (Lipinski definition) is 4. The van der Waals surface area contributed by atoms with Crippen LogP contribution in [0.3, 0.4) is 0 Å². The molecule has 1 aromatic carbocycles. The van der Waals surface area contributed by atoms with Crippen LogP contribution in [0.25, 0.3) is 0 Å². The third-order valence-electron chi connectivity index (χ3n) is 2.36. The minimum absolute atomic E-state index is 0.0380. The monoisotopic (exact) mass is 266 g/mol. The summed E-state index contributed by atoms with van der Waals surface area (Å²) in [6.07, 6.45) is -0.702. The van der Waals surface area contributed by atoms with E-state index in [9.17, 15) is 14.4 Å². The smallest absolute Gasteiger partial charge is 0.326 e. The number of aliphatic carboxylic acids is 2. The minimum atomic E-state index is -1.43. The van der Waals surface area contributed by atoms with Gasteiger partial charge in [-0.25, -0.2) is 4.79 Å². The molecule has 0 heterocycles. The Morgan fingerprint density at radius 2 is 1.74 bits per heavy atom. The van der Waals surface area contributed by atoms with Crippen LogP contribution in [0.5, 0.6) is 0 Å². The number of rotatable bonds is 6. The zero-order valence-electron chi connectivity index (χ0n) is 10.00. The number of carbonyl (C=O) groups is 3. The fourth-order valence-corrected chi connectivity index (χ4v) is 1.44. The topological polar surface area (TPSA) is 130 Å². The normalized spacial score (nSPS) is 11.6. The molecule has 0 aliphatic carbocycles. The van der Waals surface area contributed by atoms with Crippen molar-refractivity contribution in [1.82, 2.24) is 5.32 Å². The van der Waals surface area contributed by atoms with Crippen LogP contribution in [0.4, 0.5) is 5.69 Å². The van der Waals surface area contributed by atoms with Gasteiger partial charge in [-0.2, -0.15) is 0 Å². The highest BCUT2D eigenvalue weighted by atomic mass is 16.4. The molecular weight excluding hydrogens is 252 g/mol. The van der Waals surface area contributed by atoms with E-state index in [4.69, 9.17) is 15.9 Å². The van der Waals surface area contributed by atoms with Crippen molar-refractivity contribution in [2.45, 2.75) is 18.9 Å². The van der Waals surface area contributed by atoms with Gasteiger partial charge in [0.25, 0.3) is 0 Å². The number of carbonyl (C=O) groups excluding carboxylic acids is 1. The Morgan fingerprint density at radius 1 is 1.16 bits per heavy atom. The molecule has 0 saturated carbocycles. The lowest BCUT2D eigenvalue weighted by atomic mass is 10.1. The van der Waals surface area contributed by atoms with Crippen molar-refractivity contribution < 1.29 is 24.6 Å². The van der Waals surface area contributed by atoms with Crippen molar-refractivity contribution in [1.29, 1.82) is 0 Å². The van der Waals surface area contributed by atoms with Gasteiger partial charge in [0.2, 0.25) is 5.91 Å².